The molecular weight excluding hydrogens is 453 g/mol. The Morgan fingerprint density at radius 2 is 1.46 bits per heavy atom. The molecule has 7 heteroatoms. The molecule has 0 aliphatic carbocycles. The van der Waals surface area contributed by atoms with Gasteiger partial charge in [0.05, 0.1) is 5.56 Å². The number of rotatable bonds is 3. The first-order valence-corrected chi connectivity index (χ1v) is 11.2. The van der Waals surface area contributed by atoms with Gasteiger partial charge in [-0.2, -0.15) is 13.2 Å². The van der Waals surface area contributed by atoms with Crippen molar-refractivity contribution in [3.8, 4) is 11.8 Å². The summed E-state index contributed by atoms with van der Waals surface area (Å²) in [6.45, 7) is 0.723. The van der Waals surface area contributed by atoms with Crippen LogP contribution >= 0.6 is 0 Å². The third kappa shape index (κ3) is 6.30. The monoisotopic (exact) mass is 476 g/mol. The van der Waals surface area contributed by atoms with Gasteiger partial charge in [-0.3, -0.25) is 9.59 Å². The molecule has 0 saturated carbocycles. The van der Waals surface area contributed by atoms with Gasteiger partial charge in [0.25, 0.3) is 5.91 Å². The van der Waals surface area contributed by atoms with E-state index in [9.17, 15) is 22.8 Å². The zero-order valence-electron chi connectivity index (χ0n) is 18.8. The molecule has 0 bridgehead atoms. The van der Waals surface area contributed by atoms with Crippen LogP contribution in [-0.2, 0) is 11.0 Å². The van der Waals surface area contributed by atoms with E-state index in [1.165, 1.54) is 12.1 Å². The maximum atomic E-state index is 12.8. The van der Waals surface area contributed by atoms with Crippen LogP contribution in [0.1, 0.15) is 39.9 Å². The third-order valence-electron chi connectivity index (χ3n) is 5.87. The molecule has 1 N–H and O–H groups in total. The Balaban J connectivity index is 1.32. The Labute approximate surface area is 201 Å². The maximum absolute atomic E-state index is 12.8. The summed E-state index contributed by atoms with van der Waals surface area (Å²) in [6, 6.07) is 21.1. The van der Waals surface area contributed by atoms with E-state index in [0.29, 0.717) is 31.6 Å². The summed E-state index contributed by atoms with van der Waals surface area (Å²) < 4.78 is 38.2. The molecule has 1 heterocycles. The smallest absolute Gasteiger partial charge is 0.339 e. The average Bonchev–Trinajstić information content (AvgIpc) is 2.87. The van der Waals surface area contributed by atoms with Gasteiger partial charge in [-0.05, 0) is 67.4 Å². The number of benzene rings is 3. The topological polar surface area (TPSA) is 49.4 Å². The van der Waals surface area contributed by atoms with Gasteiger partial charge in [0, 0.05) is 41.4 Å². The quantitative estimate of drug-likeness (QED) is 0.501. The summed E-state index contributed by atoms with van der Waals surface area (Å²) in [6.07, 6.45) is -3.49. The molecule has 4 nitrogen and oxygen atoms in total. The largest absolute Gasteiger partial charge is 0.416 e. The molecule has 178 valence electrons. The first-order chi connectivity index (χ1) is 16.8. The summed E-state index contributed by atoms with van der Waals surface area (Å²) in [7, 11) is 0. The lowest BCUT2D eigenvalue weighted by atomic mass is 9.95. The number of hydrogen-bond donors (Lipinski definition) is 1. The summed E-state index contributed by atoms with van der Waals surface area (Å²) in [5.41, 5.74) is 1.75. The Morgan fingerprint density at radius 1 is 0.829 bits per heavy atom. The SMILES string of the molecule is O=C(Nc1cccc(C#Cc2ccccc2)c1)C1CCN(C(=O)c2ccc(C(F)(F)F)cc2)CC1. The third-order valence-corrected chi connectivity index (χ3v) is 5.87. The van der Waals surface area contributed by atoms with Crippen LogP contribution < -0.4 is 5.32 Å². The standard InChI is InChI=1S/C28H23F3N2O2/c29-28(30,31)24-13-11-23(12-14-24)27(35)33-17-15-22(16-18-33)26(34)32-25-8-4-7-21(19-25)10-9-20-5-2-1-3-6-20/h1-8,11-14,19,22H,15-18H2,(H,32,34). The van der Waals surface area contributed by atoms with Gasteiger partial charge in [0.1, 0.15) is 0 Å². The number of nitrogens with one attached hydrogen (secondary N) is 1. The number of alkyl halides is 3. The van der Waals surface area contributed by atoms with Crippen molar-refractivity contribution in [2.45, 2.75) is 19.0 Å². The van der Waals surface area contributed by atoms with Gasteiger partial charge < -0.3 is 10.2 Å². The maximum Gasteiger partial charge on any atom is 0.416 e. The highest BCUT2D eigenvalue weighted by Crippen LogP contribution is 2.29. The lowest BCUT2D eigenvalue weighted by Crippen LogP contribution is -2.41. The van der Waals surface area contributed by atoms with Gasteiger partial charge in [-0.25, -0.2) is 0 Å². The summed E-state index contributed by atoms with van der Waals surface area (Å²) in [5, 5.41) is 2.93. The van der Waals surface area contributed by atoms with E-state index in [-0.39, 0.29) is 23.3 Å². The van der Waals surface area contributed by atoms with Crippen molar-refractivity contribution >= 4 is 17.5 Å². The molecule has 1 aliphatic heterocycles. The number of hydrogen-bond acceptors (Lipinski definition) is 2. The molecule has 2 amide bonds. The Bertz CT molecular complexity index is 1250. The van der Waals surface area contributed by atoms with Crippen molar-refractivity contribution in [3.63, 3.8) is 0 Å². The predicted octanol–water partition coefficient (Wildman–Crippen LogP) is 5.60. The molecule has 3 aromatic rings. The van der Waals surface area contributed by atoms with Crippen LogP contribution in [0.3, 0.4) is 0 Å². The number of anilines is 1. The number of amides is 2. The fraction of sp³-hybridized carbons (Fsp3) is 0.214. The predicted molar refractivity (Wildman–Crippen MR) is 128 cm³/mol. The van der Waals surface area contributed by atoms with Crippen molar-refractivity contribution in [3.05, 3.63) is 101 Å². The normalized spacial score (nSPS) is 14.1. The van der Waals surface area contributed by atoms with Crippen molar-refractivity contribution < 1.29 is 22.8 Å². The van der Waals surface area contributed by atoms with Crippen molar-refractivity contribution in [1.82, 2.24) is 4.90 Å². The first-order valence-electron chi connectivity index (χ1n) is 11.2. The average molecular weight is 476 g/mol. The molecule has 0 atom stereocenters. The van der Waals surface area contributed by atoms with Crippen LogP contribution in [0.25, 0.3) is 0 Å². The number of nitrogens with zero attached hydrogens (tertiary/aromatic N) is 1. The van der Waals surface area contributed by atoms with E-state index >= 15 is 0 Å². The molecule has 0 spiro atoms. The fourth-order valence-corrected chi connectivity index (χ4v) is 3.91. The second-order valence-electron chi connectivity index (χ2n) is 8.33. The Hall–Kier alpha value is -4.05. The molecule has 1 saturated heterocycles. The lowest BCUT2D eigenvalue weighted by molar-refractivity contribution is -0.137. The molecule has 3 aromatic carbocycles. The number of carbonyl (C=O) groups excluding carboxylic acids is 2. The number of likely N-dealkylation sites (tertiary alicyclic amines) is 1. The van der Waals surface area contributed by atoms with E-state index in [0.717, 1.165) is 23.3 Å². The van der Waals surface area contributed by atoms with E-state index in [2.05, 4.69) is 17.2 Å². The number of halogens is 3. The molecule has 1 aliphatic rings. The van der Waals surface area contributed by atoms with Crippen LogP contribution in [0.15, 0.2) is 78.9 Å². The highest BCUT2D eigenvalue weighted by Gasteiger charge is 2.31. The zero-order valence-corrected chi connectivity index (χ0v) is 18.8. The summed E-state index contributed by atoms with van der Waals surface area (Å²) in [4.78, 5) is 27.0. The van der Waals surface area contributed by atoms with E-state index in [1.807, 2.05) is 48.5 Å². The number of carbonyl (C=O) groups is 2. The second kappa shape index (κ2) is 10.5. The summed E-state index contributed by atoms with van der Waals surface area (Å²) in [5.74, 6) is 5.47. The van der Waals surface area contributed by atoms with E-state index < -0.39 is 11.7 Å². The van der Waals surface area contributed by atoms with Crippen LogP contribution in [-0.4, -0.2) is 29.8 Å². The number of piperidine rings is 1. The first kappa shape index (κ1) is 24.1. The minimum Gasteiger partial charge on any atom is -0.339 e. The molecular formula is C28H23F3N2O2. The van der Waals surface area contributed by atoms with Crippen molar-refractivity contribution in [1.29, 1.82) is 0 Å². The Morgan fingerprint density at radius 3 is 2.11 bits per heavy atom. The second-order valence-corrected chi connectivity index (χ2v) is 8.33. The van der Waals surface area contributed by atoms with Gasteiger partial charge in [0.15, 0.2) is 0 Å². The highest BCUT2D eigenvalue weighted by atomic mass is 19.4. The van der Waals surface area contributed by atoms with E-state index in [4.69, 9.17) is 0 Å². The molecule has 1 fully saturated rings. The molecule has 0 radical (unpaired) electrons. The van der Waals surface area contributed by atoms with Gasteiger partial charge in [-0.1, -0.05) is 36.1 Å². The van der Waals surface area contributed by atoms with Crippen LogP contribution in [0.4, 0.5) is 18.9 Å². The molecule has 0 aromatic heterocycles. The minimum absolute atomic E-state index is 0.125. The summed E-state index contributed by atoms with van der Waals surface area (Å²) >= 11 is 0. The molecule has 0 unspecified atom stereocenters. The molecule has 35 heavy (non-hydrogen) atoms. The van der Waals surface area contributed by atoms with Crippen LogP contribution in [0.5, 0.6) is 0 Å². The van der Waals surface area contributed by atoms with E-state index in [1.54, 1.807) is 11.0 Å². The van der Waals surface area contributed by atoms with Crippen molar-refractivity contribution in [2.24, 2.45) is 5.92 Å². The fourth-order valence-electron chi connectivity index (χ4n) is 3.91. The minimum atomic E-state index is -4.44. The zero-order chi connectivity index (χ0) is 24.8. The highest BCUT2D eigenvalue weighted by molar-refractivity contribution is 5.95. The van der Waals surface area contributed by atoms with Gasteiger partial charge in [0.2, 0.25) is 5.91 Å². The van der Waals surface area contributed by atoms with Crippen molar-refractivity contribution in [2.75, 3.05) is 18.4 Å². The van der Waals surface area contributed by atoms with Crippen LogP contribution in [0, 0.1) is 17.8 Å². The lowest BCUT2D eigenvalue weighted by Gasteiger charge is -2.31. The Kier molecular flexibility index (Phi) is 7.21. The van der Waals surface area contributed by atoms with Crippen LogP contribution in [0.2, 0.25) is 0 Å². The van der Waals surface area contributed by atoms with Gasteiger partial charge >= 0.3 is 6.18 Å². The van der Waals surface area contributed by atoms with Gasteiger partial charge in [-0.15, -0.1) is 0 Å². The molecule has 4 rings (SSSR count).